The van der Waals surface area contributed by atoms with Gasteiger partial charge in [0, 0.05) is 32.6 Å². The molecule has 0 saturated carbocycles. The highest BCUT2D eigenvalue weighted by molar-refractivity contribution is 7.89. The van der Waals surface area contributed by atoms with Crippen LogP contribution in [0.5, 0.6) is 0 Å². The van der Waals surface area contributed by atoms with Crippen LogP contribution in [0.1, 0.15) is 36.9 Å². The van der Waals surface area contributed by atoms with Crippen LogP contribution in [-0.2, 0) is 14.8 Å². The van der Waals surface area contributed by atoms with Gasteiger partial charge in [-0.1, -0.05) is 48.0 Å². The van der Waals surface area contributed by atoms with E-state index in [4.69, 9.17) is 0 Å². The summed E-state index contributed by atoms with van der Waals surface area (Å²) in [6.45, 7) is 6.92. The van der Waals surface area contributed by atoms with E-state index in [0.717, 1.165) is 24.1 Å². The molecule has 0 aliphatic carbocycles. The molecule has 2 aromatic carbocycles. The molecule has 1 heterocycles. The largest absolute Gasteiger partial charge is 0.350 e. The molecule has 3 rings (SSSR count). The fourth-order valence-electron chi connectivity index (χ4n) is 3.67. The molecule has 30 heavy (non-hydrogen) atoms. The predicted octanol–water partition coefficient (Wildman–Crippen LogP) is 2.96. The topological polar surface area (TPSA) is 69.7 Å². The molecule has 1 aliphatic rings. The number of carbonyl (C=O) groups excluding carboxylic acids is 1. The molecule has 1 atom stereocenters. The maximum absolute atomic E-state index is 12.9. The van der Waals surface area contributed by atoms with Crippen molar-refractivity contribution in [3.63, 3.8) is 0 Å². The van der Waals surface area contributed by atoms with Gasteiger partial charge < -0.3 is 10.2 Å². The Morgan fingerprint density at radius 1 is 1.00 bits per heavy atom. The molecular weight excluding hydrogens is 398 g/mol. The van der Waals surface area contributed by atoms with Crippen LogP contribution in [0.3, 0.4) is 0 Å². The predicted molar refractivity (Wildman–Crippen MR) is 119 cm³/mol. The first-order chi connectivity index (χ1) is 14.4. The van der Waals surface area contributed by atoms with Gasteiger partial charge in [-0.25, -0.2) is 8.42 Å². The minimum Gasteiger partial charge on any atom is -0.350 e. The third kappa shape index (κ3) is 5.90. The minimum atomic E-state index is -3.48. The minimum absolute atomic E-state index is 0.0136. The van der Waals surface area contributed by atoms with Crippen molar-refractivity contribution in [3.05, 3.63) is 65.7 Å². The third-order valence-corrected chi connectivity index (χ3v) is 7.45. The molecule has 1 aliphatic heterocycles. The second-order valence-corrected chi connectivity index (χ2v) is 9.80. The summed E-state index contributed by atoms with van der Waals surface area (Å²) in [4.78, 5) is 14.9. The first-order valence-corrected chi connectivity index (χ1v) is 11.9. The quantitative estimate of drug-likeness (QED) is 0.735. The van der Waals surface area contributed by atoms with Gasteiger partial charge in [-0.05, 0) is 44.5 Å². The van der Waals surface area contributed by atoms with Crippen LogP contribution in [0, 0.1) is 6.92 Å². The van der Waals surface area contributed by atoms with Crippen LogP contribution >= 0.6 is 0 Å². The number of rotatable bonds is 7. The molecule has 0 aromatic heterocycles. The van der Waals surface area contributed by atoms with Gasteiger partial charge in [-0.2, -0.15) is 4.31 Å². The molecule has 162 valence electrons. The lowest BCUT2D eigenvalue weighted by molar-refractivity contribution is -0.122. The van der Waals surface area contributed by atoms with Crippen LogP contribution in [-0.4, -0.2) is 56.3 Å². The van der Waals surface area contributed by atoms with E-state index in [1.54, 1.807) is 16.4 Å². The van der Waals surface area contributed by atoms with E-state index < -0.39 is 10.0 Å². The van der Waals surface area contributed by atoms with Crippen LogP contribution in [0.15, 0.2) is 59.5 Å². The van der Waals surface area contributed by atoms with Crippen molar-refractivity contribution in [2.75, 3.05) is 32.7 Å². The Morgan fingerprint density at radius 2 is 1.70 bits per heavy atom. The van der Waals surface area contributed by atoms with Crippen molar-refractivity contribution in [1.29, 1.82) is 0 Å². The van der Waals surface area contributed by atoms with E-state index in [0.29, 0.717) is 37.5 Å². The SMILES string of the molecule is Cc1ccc(S(=O)(=O)N2CCCN(CCC(=O)NC(C)c3ccccc3)CC2)cc1. The zero-order valence-electron chi connectivity index (χ0n) is 17.8. The standard InChI is InChI=1S/C23H31N3O3S/c1-19-9-11-22(12-10-19)30(28,29)26-15-6-14-25(17-18-26)16-13-23(27)24-20(2)21-7-4-3-5-8-21/h3-5,7-12,20H,6,13-18H2,1-2H3,(H,24,27). The van der Waals surface area contributed by atoms with Gasteiger partial charge in [0.2, 0.25) is 15.9 Å². The highest BCUT2D eigenvalue weighted by Gasteiger charge is 2.27. The van der Waals surface area contributed by atoms with Gasteiger partial charge in [0.05, 0.1) is 10.9 Å². The molecule has 2 aromatic rings. The number of hydrogen-bond donors (Lipinski definition) is 1. The third-order valence-electron chi connectivity index (χ3n) is 5.54. The average molecular weight is 430 g/mol. The summed E-state index contributed by atoms with van der Waals surface area (Å²) in [6, 6.07) is 16.9. The normalized spacial score (nSPS) is 17.3. The summed E-state index contributed by atoms with van der Waals surface area (Å²) < 4.78 is 27.4. The van der Waals surface area contributed by atoms with E-state index in [1.165, 1.54) is 0 Å². The Bertz CT molecular complexity index is 930. The van der Waals surface area contributed by atoms with Crippen LogP contribution in [0.4, 0.5) is 0 Å². The molecule has 7 heteroatoms. The molecule has 1 fully saturated rings. The fourth-order valence-corrected chi connectivity index (χ4v) is 5.14. The molecular formula is C23H31N3O3S. The van der Waals surface area contributed by atoms with Gasteiger partial charge in [0.25, 0.3) is 0 Å². The van der Waals surface area contributed by atoms with Crippen LogP contribution in [0.2, 0.25) is 0 Å². The second-order valence-electron chi connectivity index (χ2n) is 7.86. The van der Waals surface area contributed by atoms with Gasteiger partial charge in [-0.3, -0.25) is 4.79 Å². The number of aryl methyl sites for hydroxylation is 1. The fraction of sp³-hybridized carbons (Fsp3) is 0.435. The summed E-state index contributed by atoms with van der Waals surface area (Å²) in [5.41, 5.74) is 2.12. The van der Waals surface area contributed by atoms with Crippen molar-refractivity contribution in [1.82, 2.24) is 14.5 Å². The lowest BCUT2D eigenvalue weighted by Gasteiger charge is -2.22. The molecule has 1 unspecified atom stereocenters. The van der Waals surface area contributed by atoms with Crippen molar-refractivity contribution < 1.29 is 13.2 Å². The molecule has 0 bridgehead atoms. The van der Waals surface area contributed by atoms with E-state index in [2.05, 4.69) is 10.2 Å². The molecule has 1 amide bonds. The van der Waals surface area contributed by atoms with Gasteiger partial charge >= 0.3 is 0 Å². The zero-order valence-corrected chi connectivity index (χ0v) is 18.6. The summed E-state index contributed by atoms with van der Waals surface area (Å²) >= 11 is 0. The van der Waals surface area contributed by atoms with E-state index in [-0.39, 0.29) is 11.9 Å². The summed E-state index contributed by atoms with van der Waals surface area (Å²) in [5.74, 6) is 0.0136. The maximum atomic E-state index is 12.9. The Kier molecular flexibility index (Phi) is 7.64. The van der Waals surface area contributed by atoms with E-state index in [1.807, 2.05) is 56.3 Å². The highest BCUT2D eigenvalue weighted by atomic mass is 32.2. The van der Waals surface area contributed by atoms with E-state index >= 15 is 0 Å². The van der Waals surface area contributed by atoms with Gasteiger partial charge in [0.1, 0.15) is 0 Å². The summed E-state index contributed by atoms with van der Waals surface area (Å²) in [7, 11) is -3.48. The summed E-state index contributed by atoms with van der Waals surface area (Å²) in [5, 5.41) is 3.04. The van der Waals surface area contributed by atoms with E-state index in [9.17, 15) is 13.2 Å². The van der Waals surface area contributed by atoms with Gasteiger partial charge in [-0.15, -0.1) is 0 Å². The first-order valence-electron chi connectivity index (χ1n) is 10.5. The molecule has 0 spiro atoms. The lowest BCUT2D eigenvalue weighted by Crippen LogP contribution is -2.36. The Balaban J connectivity index is 1.49. The molecule has 1 N–H and O–H groups in total. The Morgan fingerprint density at radius 3 is 2.40 bits per heavy atom. The number of hydrogen-bond acceptors (Lipinski definition) is 4. The number of benzene rings is 2. The molecule has 1 saturated heterocycles. The lowest BCUT2D eigenvalue weighted by atomic mass is 10.1. The van der Waals surface area contributed by atoms with Crippen LogP contribution in [0.25, 0.3) is 0 Å². The second kappa shape index (κ2) is 10.2. The average Bonchev–Trinajstić information content (AvgIpc) is 2.99. The number of nitrogens with one attached hydrogen (secondary N) is 1. The van der Waals surface area contributed by atoms with Crippen molar-refractivity contribution in [3.8, 4) is 0 Å². The van der Waals surface area contributed by atoms with Crippen LogP contribution < -0.4 is 5.32 Å². The maximum Gasteiger partial charge on any atom is 0.243 e. The Hall–Kier alpha value is -2.22. The number of sulfonamides is 1. The monoisotopic (exact) mass is 429 g/mol. The zero-order chi connectivity index (χ0) is 21.6. The number of carbonyl (C=O) groups is 1. The summed E-state index contributed by atoms with van der Waals surface area (Å²) in [6.07, 6.45) is 1.16. The van der Waals surface area contributed by atoms with Gasteiger partial charge in [0.15, 0.2) is 0 Å². The molecule has 0 radical (unpaired) electrons. The first kappa shape index (κ1) is 22.5. The number of nitrogens with zero attached hydrogens (tertiary/aromatic N) is 2. The Labute approximate surface area is 179 Å². The smallest absolute Gasteiger partial charge is 0.243 e. The number of amides is 1. The highest BCUT2D eigenvalue weighted by Crippen LogP contribution is 2.18. The molecule has 6 nitrogen and oxygen atoms in total. The van der Waals surface area contributed by atoms with Crippen molar-refractivity contribution in [2.24, 2.45) is 0 Å². The van der Waals surface area contributed by atoms with Crippen molar-refractivity contribution >= 4 is 15.9 Å². The van der Waals surface area contributed by atoms with Crippen molar-refractivity contribution in [2.45, 2.75) is 37.6 Å².